The number of fused-ring (bicyclic) bond motifs is 2. The molecule has 1 aromatic rings. The topological polar surface area (TPSA) is 42.1 Å². The summed E-state index contributed by atoms with van der Waals surface area (Å²) < 4.78 is 0. The monoisotopic (exact) mass is 549 g/mol. The molecule has 0 saturated carbocycles. The van der Waals surface area contributed by atoms with E-state index >= 15 is 0 Å². The first-order valence-electron chi connectivity index (χ1n) is 14.1. The number of likely N-dealkylation sites (tertiary alicyclic amines) is 1. The van der Waals surface area contributed by atoms with Gasteiger partial charge in [0, 0.05) is 80.6 Å². The lowest BCUT2D eigenvalue weighted by atomic mass is 9.93. The standard InChI is InChI=1S/C32H44ClN5O/c1-23-20-25(3)36(6)31(21-26(4)37-16-9-17-37)35(5)19-15-34-24(2)11-12-27-13-14-28(33)22-29(27)32(39)38-18-8-7-10-30(23)38/h13-14,20-22,30,34H,1-2,4,7-12,15-19H2,3,5-6H3/b25-20-,31-21-. The van der Waals surface area contributed by atoms with Crippen LogP contribution in [0.2, 0.25) is 5.02 Å². The summed E-state index contributed by atoms with van der Waals surface area (Å²) in [5.74, 6) is 1.11. The van der Waals surface area contributed by atoms with E-state index in [0.717, 1.165) is 98.9 Å². The van der Waals surface area contributed by atoms with Gasteiger partial charge in [-0.15, -0.1) is 0 Å². The van der Waals surface area contributed by atoms with E-state index in [0.29, 0.717) is 10.6 Å². The van der Waals surface area contributed by atoms with Gasteiger partial charge in [0.15, 0.2) is 0 Å². The number of allylic oxidation sites excluding steroid dienone is 3. The van der Waals surface area contributed by atoms with E-state index in [2.05, 4.69) is 72.9 Å². The minimum atomic E-state index is -0.0463. The van der Waals surface area contributed by atoms with Crippen LogP contribution < -0.4 is 5.32 Å². The molecule has 3 heterocycles. The summed E-state index contributed by atoms with van der Waals surface area (Å²) in [6, 6.07) is 5.64. The fraction of sp³-hybridized carbons (Fsp3) is 0.469. The van der Waals surface area contributed by atoms with Crippen molar-refractivity contribution in [2.24, 2.45) is 0 Å². The number of hydrogen-bond acceptors (Lipinski definition) is 5. The number of carbonyl (C=O) groups is 1. The fourth-order valence-electron chi connectivity index (χ4n) is 5.52. The number of nitrogens with zero attached hydrogens (tertiary/aromatic N) is 4. The molecule has 39 heavy (non-hydrogen) atoms. The highest BCUT2D eigenvalue weighted by molar-refractivity contribution is 6.31. The minimum Gasteiger partial charge on any atom is -0.387 e. The van der Waals surface area contributed by atoms with E-state index in [4.69, 9.17) is 11.6 Å². The maximum Gasteiger partial charge on any atom is 0.254 e. The third-order valence-corrected chi connectivity index (χ3v) is 8.46. The predicted octanol–water partition coefficient (Wildman–Crippen LogP) is 5.77. The van der Waals surface area contributed by atoms with Crippen molar-refractivity contribution in [3.63, 3.8) is 0 Å². The number of carbonyl (C=O) groups excluding carboxylic acids is 1. The van der Waals surface area contributed by atoms with Crippen LogP contribution in [0.25, 0.3) is 0 Å². The summed E-state index contributed by atoms with van der Waals surface area (Å²) in [5.41, 5.74) is 5.71. The highest BCUT2D eigenvalue weighted by atomic mass is 35.5. The number of likely N-dealkylation sites (N-methyl/N-ethyl adjacent to an activating group) is 1. The lowest BCUT2D eigenvalue weighted by Crippen LogP contribution is -2.44. The molecule has 0 aliphatic carbocycles. The zero-order chi connectivity index (χ0) is 28.1. The molecule has 1 N–H and O–H groups in total. The molecule has 0 spiro atoms. The molecule has 1 atom stereocenters. The molecule has 0 aromatic heterocycles. The van der Waals surface area contributed by atoms with Gasteiger partial charge in [0.25, 0.3) is 5.91 Å². The van der Waals surface area contributed by atoms with Crippen LogP contribution in [0.5, 0.6) is 0 Å². The average Bonchev–Trinajstić information content (AvgIpc) is 2.88. The molecular formula is C32H44ClN5O. The van der Waals surface area contributed by atoms with Crippen molar-refractivity contribution < 1.29 is 4.79 Å². The molecule has 2 saturated heterocycles. The first-order chi connectivity index (χ1) is 18.7. The van der Waals surface area contributed by atoms with Crippen LogP contribution in [-0.4, -0.2) is 78.4 Å². The van der Waals surface area contributed by atoms with Crippen LogP contribution in [0, 0.1) is 0 Å². The van der Waals surface area contributed by atoms with Gasteiger partial charge in [0.05, 0.1) is 6.04 Å². The molecule has 3 aliphatic rings. The van der Waals surface area contributed by atoms with Crippen molar-refractivity contribution in [3.05, 3.63) is 94.7 Å². The van der Waals surface area contributed by atoms with E-state index in [1.165, 1.54) is 6.42 Å². The summed E-state index contributed by atoms with van der Waals surface area (Å²) in [7, 11) is 4.21. The predicted molar refractivity (Wildman–Crippen MR) is 162 cm³/mol. The number of nitrogens with one attached hydrogen (secondary N) is 1. The molecule has 6 nitrogen and oxygen atoms in total. The second-order valence-corrected chi connectivity index (χ2v) is 11.5. The van der Waals surface area contributed by atoms with Gasteiger partial charge in [0.2, 0.25) is 0 Å². The number of aryl methyl sites for hydroxylation is 1. The summed E-state index contributed by atoms with van der Waals surface area (Å²) in [5, 5.41) is 4.07. The zero-order valence-electron chi connectivity index (χ0n) is 23.9. The molecule has 210 valence electrons. The Kier molecular flexibility index (Phi) is 9.49. The van der Waals surface area contributed by atoms with Gasteiger partial charge in [0.1, 0.15) is 5.82 Å². The van der Waals surface area contributed by atoms with Crippen LogP contribution in [0.4, 0.5) is 0 Å². The Bertz CT molecular complexity index is 1180. The lowest BCUT2D eigenvalue weighted by molar-refractivity contribution is 0.0655. The van der Waals surface area contributed by atoms with Crippen LogP contribution in [0.1, 0.15) is 54.9 Å². The van der Waals surface area contributed by atoms with Gasteiger partial charge in [-0.05, 0) is 74.8 Å². The third-order valence-electron chi connectivity index (χ3n) is 8.23. The molecule has 7 heteroatoms. The van der Waals surface area contributed by atoms with Crippen molar-refractivity contribution in [1.29, 1.82) is 0 Å². The number of halogens is 1. The summed E-state index contributed by atoms with van der Waals surface area (Å²) >= 11 is 6.38. The average molecular weight is 550 g/mol. The third kappa shape index (κ3) is 6.91. The molecule has 0 radical (unpaired) electrons. The normalized spacial score (nSPS) is 24.3. The summed E-state index contributed by atoms with van der Waals surface area (Å²) in [4.78, 5) is 22.8. The molecule has 2 fully saturated rings. The van der Waals surface area contributed by atoms with Crippen LogP contribution in [0.15, 0.2) is 78.6 Å². The van der Waals surface area contributed by atoms with Crippen LogP contribution in [-0.2, 0) is 6.42 Å². The Labute approximate surface area is 240 Å². The Morgan fingerprint density at radius 2 is 1.85 bits per heavy atom. The zero-order valence-corrected chi connectivity index (χ0v) is 24.7. The van der Waals surface area contributed by atoms with E-state index in [9.17, 15) is 4.79 Å². The van der Waals surface area contributed by atoms with E-state index < -0.39 is 0 Å². The maximum absolute atomic E-state index is 14.0. The van der Waals surface area contributed by atoms with Crippen molar-refractivity contribution in [2.75, 3.05) is 46.8 Å². The lowest BCUT2D eigenvalue weighted by Gasteiger charge is -2.38. The van der Waals surface area contributed by atoms with Gasteiger partial charge in [-0.25, -0.2) is 0 Å². The SMILES string of the molecule is C=C1CCc2ccc(Cl)cc2C(=O)N2CCCCC2C(=C)/C=C(/C)N(C)/C(=C\C(=C)N2CCC2)N(C)CCN1. The van der Waals surface area contributed by atoms with Gasteiger partial charge in [-0.3, -0.25) is 4.79 Å². The molecule has 3 aliphatic heterocycles. The first-order valence-corrected chi connectivity index (χ1v) is 14.5. The second kappa shape index (κ2) is 12.8. The highest BCUT2D eigenvalue weighted by Gasteiger charge is 2.30. The van der Waals surface area contributed by atoms with Crippen molar-refractivity contribution >= 4 is 17.5 Å². The molecule has 1 aromatic carbocycles. The number of rotatable bonds is 2. The van der Waals surface area contributed by atoms with Crippen molar-refractivity contribution in [3.8, 4) is 0 Å². The number of piperidine rings is 1. The Morgan fingerprint density at radius 3 is 2.56 bits per heavy atom. The number of benzene rings is 1. The highest BCUT2D eigenvalue weighted by Crippen LogP contribution is 2.29. The Balaban J connectivity index is 1.70. The van der Waals surface area contributed by atoms with Gasteiger partial charge in [-0.1, -0.05) is 37.4 Å². The smallest absolute Gasteiger partial charge is 0.254 e. The largest absolute Gasteiger partial charge is 0.387 e. The first kappa shape index (κ1) is 28.9. The van der Waals surface area contributed by atoms with Crippen LogP contribution >= 0.6 is 11.6 Å². The van der Waals surface area contributed by atoms with Gasteiger partial charge >= 0.3 is 0 Å². The van der Waals surface area contributed by atoms with Crippen LogP contribution in [0.3, 0.4) is 0 Å². The van der Waals surface area contributed by atoms with E-state index in [1.54, 1.807) is 0 Å². The summed E-state index contributed by atoms with van der Waals surface area (Å²) in [6.45, 7) is 19.6. The molecular weight excluding hydrogens is 506 g/mol. The number of amides is 1. The van der Waals surface area contributed by atoms with Gasteiger partial charge in [-0.2, -0.15) is 0 Å². The Morgan fingerprint density at radius 1 is 1.08 bits per heavy atom. The quantitative estimate of drug-likeness (QED) is 0.507. The maximum atomic E-state index is 14.0. The molecule has 0 bridgehead atoms. The van der Waals surface area contributed by atoms with Crippen molar-refractivity contribution in [2.45, 2.75) is 51.5 Å². The number of hydrogen-bond donors (Lipinski definition) is 1. The van der Waals surface area contributed by atoms with Gasteiger partial charge < -0.3 is 24.9 Å². The van der Waals surface area contributed by atoms with E-state index in [1.807, 2.05) is 23.1 Å². The Hall–Kier alpha value is -3.12. The van der Waals surface area contributed by atoms with E-state index in [-0.39, 0.29) is 11.9 Å². The van der Waals surface area contributed by atoms with Crippen molar-refractivity contribution in [1.82, 2.24) is 24.9 Å². The molecule has 1 amide bonds. The fourth-order valence-corrected chi connectivity index (χ4v) is 5.69. The molecule has 4 rings (SSSR count). The molecule has 1 unspecified atom stereocenters. The summed E-state index contributed by atoms with van der Waals surface area (Å²) in [6.07, 6.45) is 9.98. The second-order valence-electron chi connectivity index (χ2n) is 11.0. The minimum absolute atomic E-state index is 0.0341.